The molecule has 0 bridgehead atoms. The number of benzene rings is 1. The number of nitrogens with one attached hydrogen (secondary N) is 1. The van der Waals surface area contributed by atoms with E-state index in [4.69, 9.17) is 11.5 Å². The van der Waals surface area contributed by atoms with E-state index in [2.05, 4.69) is 56.6 Å². The Hall–Kier alpha value is -2.68. The Bertz CT molecular complexity index is 860. The number of aromatic nitrogens is 6. The van der Waals surface area contributed by atoms with E-state index in [-0.39, 0.29) is 5.95 Å². The number of anilines is 2. The number of H-pyrrole nitrogens is 1. The molecule has 3 aromatic rings. The third-order valence-electron chi connectivity index (χ3n) is 3.59. The van der Waals surface area contributed by atoms with Crippen molar-refractivity contribution in [2.75, 3.05) is 11.5 Å². The molecule has 3 rings (SSSR count). The summed E-state index contributed by atoms with van der Waals surface area (Å²) in [5.41, 5.74) is 14.8. The molecule has 0 fully saturated rings. The van der Waals surface area contributed by atoms with E-state index < -0.39 is 0 Å². The lowest BCUT2D eigenvalue weighted by atomic mass is 9.97. The minimum absolute atomic E-state index is 0.164. The van der Waals surface area contributed by atoms with E-state index in [0.717, 1.165) is 20.9 Å². The predicted molar refractivity (Wildman–Crippen MR) is 93.4 cm³/mol. The average molecular weight is 342 g/mol. The zero-order valence-corrected chi connectivity index (χ0v) is 14.4. The highest BCUT2D eigenvalue weighted by Gasteiger charge is 2.16. The first-order valence-corrected chi connectivity index (χ1v) is 8.21. The molecule has 1 aromatic carbocycles. The van der Waals surface area contributed by atoms with Gasteiger partial charge in [-0.2, -0.15) is 10.2 Å². The number of aromatic amines is 1. The number of hydrogen-bond acceptors (Lipinski definition) is 8. The lowest BCUT2D eigenvalue weighted by Gasteiger charge is -2.16. The van der Waals surface area contributed by atoms with Gasteiger partial charge < -0.3 is 11.5 Å². The minimum Gasteiger partial charge on any atom is -0.383 e. The van der Waals surface area contributed by atoms with Crippen molar-refractivity contribution in [2.24, 2.45) is 0 Å². The van der Waals surface area contributed by atoms with E-state index in [0.29, 0.717) is 17.6 Å². The molecule has 0 amide bonds. The molecule has 24 heavy (non-hydrogen) atoms. The van der Waals surface area contributed by atoms with Crippen LogP contribution in [0.5, 0.6) is 0 Å². The van der Waals surface area contributed by atoms with Gasteiger partial charge in [-0.3, -0.25) is 0 Å². The quantitative estimate of drug-likeness (QED) is 0.658. The van der Waals surface area contributed by atoms with Crippen LogP contribution in [0.15, 0.2) is 28.1 Å². The predicted octanol–water partition coefficient (Wildman–Crippen LogP) is 2.40. The third kappa shape index (κ3) is 3.16. The molecule has 0 saturated heterocycles. The van der Waals surface area contributed by atoms with Gasteiger partial charge in [-0.25, -0.2) is 4.98 Å². The highest BCUT2D eigenvalue weighted by Crippen LogP contribution is 2.39. The Balaban J connectivity index is 2.09. The summed E-state index contributed by atoms with van der Waals surface area (Å²) in [5, 5.41) is 14.3. The van der Waals surface area contributed by atoms with Gasteiger partial charge in [-0.15, -0.1) is 10.2 Å². The van der Waals surface area contributed by atoms with Gasteiger partial charge in [-0.1, -0.05) is 31.7 Å². The van der Waals surface area contributed by atoms with Crippen molar-refractivity contribution in [3.05, 3.63) is 29.5 Å². The molecule has 2 aromatic heterocycles. The van der Waals surface area contributed by atoms with Gasteiger partial charge in [0.1, 0.15) is 5.82 Å². The van der Waals surface area contributed by atoms with Gasteiger partial charge in [-0.05, 0) is 35.2 Å². The molecule has 0 saturated carbocycles. The fourth-order valence-corrected chi connectivity index (χ4v) is 3.44. The lowest BCUT2D eigenvalue weighted by Crippen LogP contribution is -2.01. The zero-order valence-electron chi connectivity index (χ0n) is 13.6. The number of hydrogen-bond donors (Lipinski definition) is 3. The molecule has 0 spiro atoms. The number of nitrogens with zero attached hydrogens (tertiary/aromatic N) is 5. The average Bonchev–Trinajstić information content (AvgIpc) is 3.05. The molecule has 124 valence electrons. The summed E-state index contributed by atoms with van der Waals surface area (Å²) in [6.45, 7) is 6.33. The fraction of sp³-hybridized carbons (Fsp3) is 0.267. The van der Waals surface area contributed by atoms with Crippen LogP contribution in [0.4, 0.5) is 11.8 Å². The van der Waals surface area contributed by atoms with E-state index >= 15 is 0 Å². The fourth-order valence-electron chi connectivity index (χ4n) is 2.36. The second-order valence-corrected chi connectivity index (χ2v) is 6.76. The van der Waals surface area contributed by atoms with Crippen LogP contribution in [0.3, 0.4) is 0 Å². The molecular weight excluding hydrogens is 324 g/mol. The largest absolute Gasteiger partial charge is 0.383 e. The van der Waals surface area contributed by atoms with Crippen LogP contribution in [-0.4, -0.2) is 30.6 Å². The number of rotatable bonds is 4. The van der Waals surface area contributed by atoms with Crippen molar-refractivity contribution in [3.8, 4) is 11.4 Å². The normalized spacial score (nSPS) is 11.2. The Labute approximate surface area is 143 Å². The van der Waals surface area contributed by atoms with Gasteiger partial charge in [0.2, 0.25) is 11.8 Å². The number of nitrogens with two attached hydrogens (primary N) is 2. The standard InChI is InChI=1S/C15H18N8S/c1-7(2)9-4-8(3)10(14-20-22-23-21-14)5-11(9)24-12-6-18-15(17)19-13(12)16/h4-7H,1-3H3,(H4,16,17,18,19)(H,20,21,22,23). The molecule has 0 atom stereocenters. The number of nitrogen functional groups attached to an aromatic ring is 2. The van der Waals surface area contributed by atoms with Crippen molar-refractivity contribution in [3.63, 3.8) is 0 Å². The smallest absolute Gasteiger partial charge is 0.221 e. The summed E-state index contributed by atoms with van der Waals surface area (Å²) in [6, 6.07) is 4.20. The number of aryl methyl sites for hydroxylation is 1. The zero-order chi connectivity index (χ0) is 17.3. The van der Waals surface area contributed by atoms with Gasteiger partial charge in [0.25, 0.3) is 0 Å². The molecule has 0 aliphatic heterocycles. The van der Waals surface area contributed by atoms with Gasteiger partial charge in [0.05, 0.1) is 4.90 Å². The second-order valence-electron chi connectivity index (χ2n) is 5.67. The maximum Gasteiger partial charge on any atom is 0.221 e. The summed E-state index contributed by atoms with van der Waals surface area (Å²) in [7, 11) is 0. The lowest BCUT2D eigenvalue weighted by molar-refractivity contribution is 0.840. The van der Waals surface area contributed by atoms with E-state index in [1.54, 1.807) is 6.20 Å². The van der Waals surface area contributed by atoms with Crippen LogP contribution < -0.4 is 11.5 Å². The molecule has 0 aliphatic rings. The highest BCUT2D eigenvalue weighted by molar-refractivity contribution is 7.99. The summed E-state index contributed by atoms with van der Waals surface area (Å²) >= 11 is 1.51. The Kier molecular flexibility index (Phi) is 4.34. The minimum atomic E-state index is 0.164. The maximum atomic E-state index is 5.97. The number of tetrazole rings is 1. The van der Waals surface area contributed by atoms with Crippen LogP contribution in [0, 0.1) is 6.92 Å². The van der Waals surface area contributed by atoms with Crippen LogP contribution in [0.1, 0.15) is 30.9 Å². The SMILES string of the molecule is Cc1cc(C(C)C)c(Sc2cnc(N)nc2N)cc1-c1nn[nH]n1. The Morgan fingerprint density at radius 2 is 1.96 bits per heavy atom. The van der Waals surface area contributed by atoms with Gasteiger partial charge >= 0.3 is 0 Å². The monoisotopic (exact) mass is 342 g/mol. The van der Waals surface area contributed by atoms with E-state index in [1.165, 1.54) is 17.3 Å². The second kappa shape index (κ2) is 6.44. The maximum absolute atomic E-state index is 5.97. The van der Waals surface area contributed by atoms with Crippen LogP contribution in [-0.2, 0) is 0 Å². The first kappa shape index (κ1) is 16.2. The summed E-state index contributed by atoms with van der Waals surface area (Å²) in [5.74, 6) is 1.44. The van der Waals surface area contributed by atoms with Crippen LogP contribution in [0.2, 0.25) is 0 Å². The van der Waals surface area contributed by atoms with Crippen LogP contribution >= 0.6 is 11.8 Å². The molecule has 2 heterocycles. The summed E-state index contributed by atoms with van der Waals surface area (Å²) < 4.78 is 0. The molecule has 0 unspecified atom stereocenters. The third-order valence-corrected chi connectivity index (χ3v) is 4.69. The molecular formula is C15H18N8S. The molecule has 8 nitrogen and oxygen atoms in total. The first-order chi connectivity index (χ1) is 11.5. The van der Waals surface area contributed by atoms with E-state index in [9.17, 15) is 0 Å². The summed E-state index contributed by atoms with van der Waals surface area (Å²) in [4.78, 5) is 9.85. The summed E-state index contributed by atoms with van der Waals surface area (Å²) in [6.07, 6.45) is 1.64. The highest BCUT2D eigenvalue weighted by atomic mass is 32.2. The molecule has 0 aliphatic carbocycles. The van der Waals surface area contributed by atoms with Crippen molar-refractivity contribution in [2.45, 2.75) is 36.5 Å². The van der Waals surface area contributed by atoms with Crippen molar-refractivity contribution >= 4 is 23.5 Å². The van der Waals surface area contributed by atoms with E-state index in [1.807, 2.05) is 6.92 Å². The first-order valence-electron chi connectivity index (χ1n) is 7.40. The van der Waals surface area contributed by atoms with Crippen molar-refractivity contribution in [1.29, 1.82) is 0 Å². The Morgan fingerprint density at radius 3 is 2.58 bits per heavy atom. The molecule has 5 N–H and O–H groups in total. The van der Waals surface area contributed by atoms with Crippen molar-refractivity contribution < 1.29 is 0 Å². The van der Waals surface area contributed by atoms with Crippen LogP contribution in [0.25, 0.3) is 11.4 Å². The molecule has 9 heteroatoms. The van der Waals surface area contributed by atoms with Crippen molar-refractivity contribution in [1.82, 2.24) is 30.6 Å². The van der Waals surface area contributed by atoms with Gasteiger partial charge in [0, 0.05) is 16.7 Å². The molecule has 0 radical (unpaired) electrons. The Morgan fingerprint density at radius 1 is 1.17 bits per heavy atom. The topological polar surface area (TPSA) is 132 Å². The van der Waals surface area contributed by atoms with Gasteiger partial charge in [0.15, 0.2) is 0 Å².